The van der Waals surface area contributed by atoms with Crippen molar-refractivity contribution in [1.29, 1.82) is 0 Å². The standard InChI is InChI=1S/C32H49N5O5/c1-7-35-12-8-9-13-36(29(39)15-22(2)3)21-28(38)33-18-23-11-10-14-37(19-23)32-24(20-35)16-25-26(34-32)17-27(40-4)31(42-6)30(25)41-5/h16-17,22-23H,7-15,18-21H2,1-6H3,(H,33,38). The van der Waals surface area contributed by atoms with Gasteiger partial charge >= 0.3 is 0 Å². The van der Waals surface area contributed by atoms with Crippen LogP contribution in [0.1, 0.15) is 58.4 Å². The summed E-state index contributed by atoms with van der Waals surface area (Å²) in [5.41, 5.74) is 1.93. The molecule has 4 rings (SSSR count). The molecule has 3 heterocycles. The lowest BCUT2D eigenvalue weighted by atomic mass is 9.97. The zero-order valence-corrected chi connectivity index (χ0v) is 26.3. The Bertz CT molecular complexity index is 1240. The number of anilines is 1. The van der Waals surface area contributed by atoms with Crippen LogP contribution in [-0.4, -0.2) is 93.7 Å². The van der Waals surface area contributed by atoms with Crippen molar-refractivity contribution < 1.29 is 23.8 Å². The number of ether oxygens (including phenoxy) is 3. The fourth-order valence-electron chi connectivity index (χ4n) is 6.12. The molecule has 1 unspecified atom stereocenters. The summed E-state index contributed by atoms with van der Waals surface area (Å²) in [6, 6.07) is 4.11. The van der Waals surface area contributed by atoms with Crippen molar-refractivity contribution in [3.8, 4) is 17.2 Å². The number of hydrogen-bond donors (Lipinski definition) is 1. The Morgan fingerprint density at radius 2 is 1.79 bits per heavy atom. The molecule has 1 fully saturated rings. The second kappa shape index (κ2) is 14.8. The lowest BCUT2D eigenvalue weighted by Crippen LogP contribution is -2.45. The summed E-state index contributed by atoms with van der Waals surface area (Å²) >= 11 is 0. The highest BCUT2D eigenvalue weighted by molar-refractivity contribution is 5.92. The van der Waals surface area contributed by atoms with E-state index in [2.05, 4.69) is 28.1 Å². The molecule has 1 saturated heterocycles. The van der Waals surface area contributed by atoms with Crippen LogP contribution in [0.4, 0.5) is 5.82 Å². The van der Waals surface area contributed by atoms with Gasteiger partial charge in [0.15, 0.2) is 11.5 Å². The molecule has 2 aromatic rings. The number of nitrogens with zero attached hydrogens (tertiary/aromatic N) is 4. The van der Waals surface area contributed by atoms with E-state index in [1.807, 2.05) is 19.9 Å². The number of carbonyl (C=O) groups excluding carboxylic acids is 2. The summed E-state index contributed by atoms with van der Waals surface area (Å²) < 4.78 is 17.1. The first-order valence-electron chi connectivity index (χ1n) is 15.4. The van der Waals surface area contributed by atoms with Crippen LogP contribution in [0.15, 0.2) is 12.1 Å². The van der Waals surface area contributed by atoms with E-state index in [-0.39, 0.29) is 24.3 Å². The maximum Gasteiger partial charge on any atom is 0.239 e. The fraction of sp³-hybridized carbons (Fsp3) is 0.656. The summed E-state index contributed by atoms with van der Waals surface area (Å²) in [6.45, 7) is 11.8. The van der Waals surface area contributed by atoms with Gasteiger partial charge in [0, 0.05) is 56.2 Å². The fourth-order valence-corrected chi connectivity index (χ4v) is 6.12. The first-order valence-corrected chi connectivity index (χ1v) is 15.4. The van der Waals surface area contributed by atoms with Gasteiger partial charge in [0.2, 0.25) is 17.6 Å². The summed E-state index contributed by atoms with van der Waals surface area (Å²) in [6.07, 6.45) is 4.29. The zero-order chi connectivity index (χ0) is 30.2. The average molecular weight is 584 g/mol. The van der Waals surface area contributed by atoms with Gasteiger partial charge in [-0.05, 0) is 56.7 Å². The number of nitrogens with one attached hydrogen (secondary N) is 1. The Kier molecular flexibility index (Phi) is 11.1. The maximum atomic E-state index is 13.0. The van der Waals surface area contributed by atoms with Gasteiger partial charge in [-0.2, -0.15) is 0 Å². The van der Waals surface area contributed by atoms with E-state index in [0.29, 0.717) is 42.7 Å². The molecule has 1 aromatic carbocycles. The highest BCUT2D eigenvalue weighted by atomic mass is 16.5. The number of pyridine rings is 1. The molecule has 2 aliphatic heterocycles. The highest BCUT2D eigenvalue weighted by Crippen LogP contribution is 2.44. The molecule has 10 heteroatoms. The van der Waals surface area contributed by atoms with E-state index in [9.17, 15) is 9.59 Å². The topological polar surface area (TPSA) is 96.5 Å². The van der Waals surface area contributed by atoms with Gasteiger partial charge in [-0.3, -0.25) is 14.5 Å². The molecule has 0 aliphatic carbocycles. The van der Waals surface area contributed by atoms with Gasteiger partial charge in [-0.1, -0.05) is 20.8 Å². The lowest BCUT2D eigenvalue weighted by Gasteiger charge is -2.36. The van der Waals surface area contributed by atoms with Crippen LogP contribution in [-0.2, 0) is 16.1 Å². The minimum atomic E-state index is -0.0795. The van der Waals surface area contributed by atoms with Crippen LogP contribution in [0.3, 0.4) is 0 Å². The van der Waals surface area contributed by atoms with Gasteiger partial charge < -0.3 is 29.3 Å². The normalized spacial score (nSPS) is 19.4. The molecule has 1 atom stereocenters. The number of rotatable bonds is 6. The van der Waals surface area contributed by atoms with Crippen molar-refractivity contribution in [2.45, 2.75) is 59.4 Å². The van der Waals surface area contributed by atoms with Crippen LogP contribution in [0.2, 0.25) is 0 Å². The molecule has 0 spiro atoms. The van der Waals surface area contributed by atoms with Gasteiger partial charge in [0.1, 0.15) is 5.82 Å². The summed E-state index contributed by atoms with van der Waals surface area (Å²) in [5.74, 6) is 3.26. The highest BCUT2D eigenvalue weighted by Gasteiger charge is 2.27. The van der Waals surface area contributed by atoms with Crippen molar-refractivity contribution in [2.24, 2.45) is 11.8 Å². The van der Waals surface area contributed by atoms with Crippen molar-refractivity contribution in [2.75, 3.05) is 72.0 Å². The number of aromatic nitrogens is 1. The molecule has 1 aromatic heterocycles. The molecule has 0 radical (unpaired) electrons. The Hall–Kier alpha value is -3.27. The molecule has 0 saturated carbocycles. The largest absolute Gasteiger partial charge is 0.493 e. The Morgan fingerprint density at radius 3 is 2.48 bits per heavy atom. The zero-order valence-electron chi connectivity index (χ0n) is 26.3. The number of fused-ring (bicyclic) bond motifs is 5. The van der Waals surface area contributed by atoms with E-state index in [1.165, 1.54) is 0 Å². The van der Waals surface area contributed by atoms with E-state index < -0.39 is 0 Å². The Balaban J connectivity index is 1.71. The molecular formula is C32H49N5O5. The first kappa shape index (κ1) is 31.7. The molecule has 232 valence electrons. The Labute approximate surface area is 250 Å². The number of amides is 2. The van der Waals surface area contributed by atoms with Gasteiger partial charge in [-0.25, -0.2) is 4.98 Å². The van der Waals surface area contributed by atoms with Crippen LogP contribution in [0.25, 0.3) is 10.9 Å². The number of benzene rings is 1. The predicted octanol–water partition coefficient (Wildman–Crippen LogP) is 4.08. The van der Waals surface area contributed by atoms with Gasteiger partial charge in [0.25, 0.3) is 0 Å². The van der Waals surface area contributed by atoms with E-state index in [0.717, 1.165) is 80.7 Å². The van der Waals surface area contributed by atoms with E-state index in [4.69, 9.17) is 19.2 Å². The molecule has 10 nitrogen and oxygen atoms in total. The van der Waals surface area contributed by atoms with Gasteiger partial charge in [0.05, 0.1) is 33.4 Å². The van der Waals surface area contributed by atoms with Crippen LogP contribution in [0, 0.1) is 11.8 Å². The third kappa shape index (κ3) is 7.56. The molecule has 42 heavy (non-hydrogen) atoms. The molecule has 2 bridgehead atoms. The summed E-state index contributed by atoms with van der Waals surface area (Å²) in [4.78, 5) is 37.7. The lowest BCUT2D eigenvalue weighted by molar-refractivity contribution is -0.136. The monoisotopic (exact) mass is 583 g/mol. The average Bonchev–Trinajstić information content (AvgIpc) is 2.98. The minimum Gasteiger partial charge on any atom is -0.493 e. The second-order valence-corrected chi connectivity index (χ2v) is 11.9. The van der Waals surface area contributed by atoms with Gasteiger partial charge in [-0.15, -0.1) is 0 Å². The molecule has 2 aliphatic rings. The van der Waals surface area contributed by atoms with Crippen molar-refractivity contribution >= 4 is 28.5 Å². The minimum absolute atomic E-state index is 0.0605. The number of methoxy groups -OCH3 is 3. The molecular weight excluding hydrogens is 534 g/mol. The predicted molar refractivity (Wildman–Crippen MR) is 166 cm³/mol. The van der Waals surface area contributed by atoms with E-state index in [1.54, 1.807) is 26.2 Å². The smallest absolute Gasteiger partial charge is 0.239 e. The molecule has 1 N–H and O–H groups in total. The number of hydrogen-bond acceptors (Lipinski definition) is 8. The van der Waals surface area contributed by atoms with E-state index >= 15 is 0 Å². The third-order valence-corrected chi connectivity index (χ3v) is 8.35. The summed E-state index contributed by atoms with van der Waals surface area (Å²) in [5, 5.41) is 4.02. The molecule has 2 amide bonds. The van der Waals surface area contributed by atoms with Crippen molar-refractivity contribution in [1.82, 2.24) is 20.1 Å². The third-order valence-electron chi connectivity index (χ3n) is 8.35. The summed E-state index contributed by atoms with van der Waals surface area (Å²) in [7, 11) is 4.88. The van der Waals surface area contributed by atoms with Crippen molar-refractivity contribution in [3.63, 3.8) is 0 Å². The number of piperidine rings is 1. The van der Waals surface area contributed by atoms with Crippen molar-refractivity contribution in [3.05, 3.63) is 17.7 Å². The van der Waals surface area contributed by atoms with Crippen LogP contribution < -0.4 is 24.4 Å². The first-order chi connectivity index (χ1) is 20.3. The van der Waals surface area contributed by atoms with Crippen LogP contribution >= 0.6 is 0 Å². The quantitative estimate of drug-likeness (QED) is 0.544. The number of carbonyl (C=O) groups is 2. The Morgan fingerprint density at radius 1 is 1.02 bits per heavy atom. The van der Waals surface area contributed by atoms with Crippen LogP contribution in [0.5, 0.6) is 17.2 Å². The second-order valence-electron chi connectivity index (χ2n) is 11.9. The maximum absolute atomic E-state index is 13.0. The SMILES string of the molecule is CCN1CCCCN(C(=O)CC(C)C)CC(=O)NCC2CCCN(C2)c2nc3cc(OC)c(OC)c(OC)c3cc2C1.